The summed E-state index contributed by atoms with van der Waals surface area (Å²) in [6, 6.07) is 10.7. The molecule has 0 aliphatic heterocycles. The zero-order valence-electron chi connectivity index (χ0n) is 10.1. The molecule has 0 bridgehead atoms. The van der Waals surface area contributed by atoms with E-state index in [0.29, 0.717) is 5.56 Å². The second-order valence-corrected chi connectivity index (χ2v) is 4.01. The van der Waals surface area contributed by atoms with Crippen LogP contribution in [0.25, 0.3) is 0 Å². The van der Waals surface area contributed by atoms with Crippen LogP contribution in [-0.2, 0) is 6.54 Å². The lowest BCUT2D eigenvalue weighted by Crippen LogP contribution is -2.24. The lowest BCUT2D eigenvalue weighted by atomic mass is 10.1. The Morgan fingerprint density at radius 2 is 1.95 bits per heavy atom. The molecule has 2 aromatic carbocycles. The Labute approximate surface area is 109 Å². The predicted molar refractivity (Wildman–Crippen MR) is 70.1 cm³/mol. The standard InChI is InChI=1S/C14H13FN2O2/c15-11-6-3-5-10(13(11)16)14(19)17-8-9-4-1-2-7-12(9)18/h1-7,18H,8,16H2,(H,17,19). The van der Waals surface area contributed by atoms with Crippen LogP contribution in [0.2, 0.25) is 0 Å². The largest absolute Gasteiger partial charge is 0.508 e. The fourth-order valence-corrected chi connectivity index (χ4v) is 1.67. The van der Waals surface area contributed by atoms with Crippen LogP contribution in [0.4, 0.5) is 10.1 Å². The third-order valence-corrected chi connectivity index (χ3v) is 2.73. The van der Waals surface area contributed by atoms with Crippen LogP contribution in [0.15, 0.2) is 42.5 Å². The summed E-state index contributed by atoms with van der Waals surface area (Å²) < 4.78 is 13.2. The van der Waals surface area contributed by atoms with Crippen molar-refractivity contribution in [3.63, 3.8) is 0 Å². The van der Waals surface area contributed by atoms with Crippen LogP contribution in [0, 0.1) is 5.82 Å². The molecule has 0 saturated heterocycles. The highest BCUT2D eigenvalue weighted by Crippen LogP contribution is 2.17. The monoisotopic (exact) mass is 260 g/mol. The van der Waals surface area contributed by atoms with Gasteiger partial charge in [0, 0.05) is 12.1 Å². The second-order valence-electron chi connectivity index (χ2n) is 4.01. The highest BCUT2D eigenvalue weighted by atomic mass is 19.1. The fraction of sp³-hybridized carbons (Fsp3) is 0.0714. The Morgan fingerprint density at radius 1 is 1.21 bits per heavy atom. The number of carbonyl (C=O) groups is 1. The SMILES string of the molecule is Nc1c(F)cccc1C(=O)NCc1ccccc1O. The highest BCUT2D eigenvalue weighted by Gasteiger charge is 2.12. The molecule has 0 unspecified atom stereocenters. The number of hydrogen-bond donors (Lipinski definition) is 3. The van der Waals surface area contributed by atoms with Gasteiger partial charge in [0.25, 0.3) is 5.91 Å². The Balaban J connectivity index is 2.10. The van der Waals surface area contributed by atoms with Crippen molar-refractivity contribution in [1.82, 2.24) is 5.32 Å². The second kappa shape index (κ2) is 5.39. The van der Waals surface area contributed by atoms with Crippen LogP contribution in [-0.4, -0.2) is 11.0 Å². The third kappa shape index (κ3) is 2.82. The number of anilines is 1. The number of nitrogen functional groups attached to an aromatic ring is 1. The molecule has 5 heteroatoms. The first-order chi connectivity index (χ1) is 9.09. The summed E-state index contributed by atoms with van der Waals surface area (Å²) in [4.78, 5) is 11.9. The van der Waals surface area contributed by atoms with Crippen LogP contribution < -0.4 is 11.1 Å². The molecular formula is C14H13FN2O2. The minimum atomic E-state index is -0.629. The summed E-state index contributed by atoms with van der Waals surface area (Å²) in [5.74, 6) is -1.02. The van der Waals surface area contributed by atoms with Crippen LogP contribution in [0.1, 0.15) is 15.9 Å². The first kappa shape index (κ1) is 12.9. The predicted octanol–water partition coefficient (Wildman–Crippen LogP) is 2.04. The number of amides is 1. The van der Waals surface area contributed by atoms with Gasteiger partial charge in [0.2, 0.25) is 0 Å². The number of benzene rings is 2. The summed E-state index contributed by atoms with van der Waals surface area (Å²) in [7, 11) is 0. The Hall–Kier alpha value is -2.56. The van der Waals surface area contributed by atoms with Gasteiger partial charge in [-0.3, -0.25) is 4.79 Å². The number of nitrogens with two attached hydrogens (primary N) is 1. The van der Waals surface area contributed by atoms with E-state index < -0.39 is 11.7 Å². The van der Waals surface area contributed by atoms with Gasteiger partial charge < -0.3 is 16.2 Å². The Bertz CT molecular complexity index is 614. The third-order valence-electron chi connectivity index (χ3n) is 2.73. The molecular weight excluding hydrogens is 247 g/mol. The van der Waals surface area contributed by atoms with Gasteiger partial charge in [-0.2, -0.15) is 0 Å². The van der Waals surface area contributed by atoms with E-state index in [0.717, 1.165) is 0 Å². The number of halogens is 1. The molecule has 0 aliphatic carbocycles. The summed E-state index contributed by atoms with van der Waals surface area (Å²) in [6.45, 7) is 0.140. The normalized spacial score (nSPS) is 10.2. The lowest BCUT2D eigenvalue weighted by molar-refractivity contribution is 0.0951. The van der Waals surface area contributed by atoms with Crippen LogP contribution >= 0.6 is 0 Å². The molecule has 0 aliphatic rings. The van der Waals surface area contributed by atoms with Gasteiger partial charge in [-0.05, 0) is 18.2 Å². The molecule has 98 valence electrons. The van der Waals surface area contributed by atoms with Gasteiger partial charge in [0.05, 0.1) is 11.3 Å². The number of para-hydroxylation sites is 2. The molecule has 2 rings (SSSR count). The van der Waals surface area contributed by atoms with Gasteiger partial charge in [-0.25, -0.2) is 4.39 Å². The van der Waals surface area contributed by atoms with Crippen molar-refractivity contribution < 1.29 is 14.3 Å². The molecule has 2 aromatic rings. The molecule has 0 aromatic heterocycles. The van der Waals surface area contributed by atoms with Crippen molar-refractivity contribution >= 4 is 11.6 Å². The lowest BCUT2D eigenvalue weighted by Gasteiger charge is -2.09. The number of phenols is 1. The maximum atomic E-state index is 13.2. The first-order valence-corrected chi connectivity index (χ1v) is 5.68. The quantitative estimate of drug-likeness (QED) is 0.739. The van der Waals surface area contributed by atoms with E-state index in [1.807, 2.05) is 0 Å². The number of aromatic hydroxyl groups is 1. The van der Waals surface area contributed by atoms with Gasteiger partial charge >= 0.3 is 0 Å². The maximum absolute atomic E-state index is 13.2. The first-order valence-electron chi connectivity index (χ1n) is 5.68. The topological polar surface area (TPSA) is 75.4 Å². The van der Waals surface area contributed by atoms with E-state index in [4.69, 9.17) is 5.73 Å². The molecule has 1 amide bonds. The molecule has 0 spiro atoms. The molecule has 0 radical (unpaired) electrons. The number of hydrogen-bond acceptors (Lipinski definition) is 3. The van der Waals surface area contributed by atoms with E-state index in [1.165, 1.54) is 24.3 Å². The van der Waals surface area contributed by atoms with Crippen molar-refractivity contribution in [2.45, 2.75) is 6.54 Å². The average Bonchev–Trinajstić information content (AvgIpc) is 2.40. The van der Waals surface area contributed by atoms with Crippen LogP contribution in [0.5, 0.6) is 5.75 Å². The molecule has 0 heterocycles. The van der Waals surface area contributed by atoms with E-state index in [1.54, 1.807) is 18.2 Å². The van der Waals surface area contributed by atoms with E-state index in [-0.39, 0.29) is 23.5 Å². The van der Waals surface area contributed by atoms with Crippen molar-refractivity contribution in [3.8, 4) is 5.75 Å². The molecule has 4 N–H and O–H groups in total. The van der Waals surface area contributed by atoms with Gasteiger partial charge in [0.15, 0.2) is 0 Å². The zero-order valence-corrected chi connectivity index (χ0v) is 10.1. The smallest absolute Gasteiger partial charge is 0.253 e. The van der Waals surface area contributed by atoms with Crippen molar-refractivity contribution in [2.75, 3.05) is 5.73 Å². The maximum Gasteiger partial charge on any atom is 0.253 e. The number of carbonyl (C=O) groups excluding carboxylic acids is 1. The molecule has 0 atom stereocenters. The Morgan fingerprint density at radius 3 is 2.68 bits per heavy atom. The van der Waals surface area contributed by atoms with Crippen LogP contribution in [0.3, 0.4) is 0 Å². The summed E-state index contributed by atoms with van der Waals surface area (Å²) in [5.41, 5.74) is 5.97. The fourth-order valence-electron chi connectivity index (χ4n) is 1.67. The summed E-state index contributed by atoms with van der Waals surface area (Å²) in [6.07, 6.45) is 0. The van der Waals surface area contributed by atoms with E-state index >= 15 is 0 Å². The summed E-state index contributed by atoms with van der Waals surface area (Å²) >= 11 is 0. The van der Waals surface area contributed by atoms with Gasteiger partial charge in [-0.1, -0.05) is 24.3 Å². The number of phenolic OH excluding ortho intramolecular Hbond substituents is 1. The van der Waals surface area contributed by atoms with E-state index in [2.05, 4.69) is 5.32 Å². The minimum Gasteiger partial charge on any atom is -0.508 e. The van der Waals surface area contributed by atoms with E-state index in [9.17, 15) is 14.3 Å². The number of rotatable bonds is 3. The average molecular weight is 260 g/mol. The molecule has 0 fully saturated rings. The van der Waals surface area contributed by atoms with Gasteiger partial charge in [0.1, 0.15) is 11.6 Å². The molecule has 0 saturated carbocycles. The zero-order chi connectivity index (χ0) is 13.8. The number of nitrogens with one attached hydrogen (secondary N) is 1. The Kier molecular flexibility index (Phi) is 3.66. The van der Waals surface area contributed by atoms with Crippen molar-refractivity contribution in [2.24, 2.45) is 0 Å². The minimum absolute atomic E-state index is 0.0791. The highest BCUT2D eigenvalue weighted by molar-refractivity contribution is 5.99. The summed E-state index contributed by atoms with van der Waals surface area (Å²) in [5, 5.41) is 12.1. The van der Waals surface area contributed by atoms with Gasteiger partial charge in [-0.15, -0.1) is 0 Å². The molecule has 19 heavy (non-hydrogen) atoms. The van der Waals surface area contributed by atoms with Crippen molar-refractivity contribution in [3.05, 3.63) is 59.4 Å². The van der Waals surface area contributed by atoms with Crippen molar-refractivity contribution in [1.29, 1.82) is 0 Å². The molecule has 4 nitrogen and oxygen atoms in total.